The van der Waals surface area contributed by atoms with E-state index in [1.807, 2.05) is 0 Å². The molecule has 0 unspecified atom stereocenters. The first kappa shape index (κ1) is 17.1. The number of para-hydroxylation sites is 1. The SMILES string of the molecule is O=C(c1ccc(F)c(F)c1)N(C(=O)N1CCCCC1)c1ccccc1. The number of imide groups is 1. The molecule has 2 aromatic rings. The number of hydrogen-bond acceptors (Lipinski definition) is 2. The lowest BCUT2D eigenvalue weighted by molar-refractivity contribution is 0.0983. The Morgan fingerprint density at radius 2 is 1.56 bits per heavy atom. The third-order valence-electron chi connectivity index (χ3n) is 4.20. The van der Waals surface area contributed by atoms with E-state index in [-0.39, 0.29) is 5.56 Å². The number of anilines is 1. The smallest absolute Gasteiger partial charge is 0.324 e. The van der Waals surface area contributed by atoms with Crippen LogP contribution in [0.15, 0.2) is 48.5 Å². The zero-order valence-corrected chi connectivity index (χ0v) is 13.6. The Kier molecular flexibility index (Phi) is 5.07. The van der Waals surface area contributed by atoms with Gasteiger partial charge >= 0.3 is 6.03 Å². The molecule has 1 saturated heterocycles. The molecule has 0 saturated carbocycles. The van der Waals surface area contributed by atoms with Crippen molar-refractivity contribution in [1.82, 2.24) is 4.90 Å². The van der Waals surface area contributed by atoms with E-state index in [1.54, 1.807) is 35.2 Å². The molecule has 0 bridgehead atoms. The molecule has 1 aliphatic heterocycles. The summed E-state index contributed by atoms with van der Waals surface area (Å²) in [4.78, 5) is 28.5. The van der Waals surface area contributed by atoms with Crippen molar-refractivity contribution in [3.8, 4) is 0 Å². The number of carbonyl (C=O) groups excluding carboxylic acids is 2. The summed E-state index contributed by atoms with van der Waals surface area (Å²) in [5, 5.41) is 0. The number of benzene rings is 2. The van der Waals surface area contributed by atoms with Crippen LogP contribution in [0.5, 0.6) is 0 Å². The summed E-state index contributed by atoms with van der Waals surface area (Å²) in [6, 6.07) is 10.9. The third-order valence-corrected chi connectivity index (χ3v) is 4.20. The summed E-state index contributed by atoms with van der Waals surface area (Å²) in [5.41, 5.74) is 0.320. The highest BCUT2D eigenvalue weighted by Gasteiger charge is 2.30. The summed E-state index contributed by atoms with van der Waals surface area (Å²) in [7, 11) is 0. The van der Waals surface area contributed by atoms with Crippen molar-refractivity contribution in [2.45, 2.75) is 19.3 Å². The fourth-order valence-corrected chi connectivity index (χ4v) is 2.88. The van der Waals surface area contributed by atoms with Gasteiger partial charge in [0.05, 0.1) is 5.69 Å². The van der Waals surface area contributed by atoms with E-state index in [9.17, 15) is 18.4 Å². The molecular weight excluding hydrogens is 326 g/mol. The van der Waals surface area contributed by atoms with E-state index in [0.29, 0.717) is 18.8 Å². The van der Waals surface area contributed by atoms with Crippen molar-refractivity contribution >= 4 is 17.6 Å². The molecule has 0 N–H and O–H groups in total. The molecule has 130 valence electrons. The Bertz CT molecular complexity index is 774. The predicted octanol–water partition coefficient (Wildman–Crippen LogP) is 4.22. The van der Waals surface area contributed by atoms with Crippen molar-refractivity contribution < 1.29 is 18.4 Å². The molecule has 0 atom stereocenters. The molecule has 25 heavy (non-hydrogen) atoms. The highest BCUT2D eigenvalue weighted by atomic mass is 19.2. The zero-order chi connectivity index (χ0) is 17.8. The van der Waals surface area contributed by atoms with Crippen LogP contribution in [-0.4, -0.2) is 29.9 Å². The molecule has 0 aromatic heterocycles. The normalized spacial score (nSPS) is 14.2. The van der Waals surface area contributed by atoms with Gasteiger partial charge in [0.15, 0.2) is 11.6 Å². The minimum atomic E-state index is -1.12. The summed E-state index contributed by atoms with van der Waals surface area (Å²) in [5.74, 6) is -2.84. The molecule has 6 heteroatoms. The van der Waals surface area contributed by atoms with Crippen molar-refractivity contribution in [2.75, 3.05) is 18.0 Å². The topological polar surface area (TPSA) is 40.6 Å². The van der Waals surface area contributed by atoms with Gasteiger partial charge in [-0.3, -0.25) is 4.79 Å². The van der Waals surface area contributed by atoms with Gasteiger partial charge in [0, 0.05) is 18.7 Å². The van der Waals surface area contributed by atoms with Gasteiger partial charge in [-0.2, -0.15) is 0 Å². The Morgan fingerprint density at radius 3 is 2.20 bits per heavy atom. The fourth-order valence-electron chi connectivity index (χ4n) is 2.88. The number of piperidine rings is 1. The van der Waals surface area contributed by atoms with Gasteiger partial charge < -0.3 is 4.90 Å². The third kappa shape index (κ3) is 3.68. The minimum absolute atomic E-state index is 0.0758. The van der Waals surface area contributed by atoms with Gasteiger partial charge in [-0.15, -0.1) is 0 Å². The second kappa shape index (κ2) is 7.42. The number of rotatable bonds is 2. The minimum Gasteiger partial charge on any atom is -0.324 e. The summed E-state index contributed by atoms with van der Waals surface area (Å²) >= 11 is 0. The summed E-state index contributed by atoms with van der Waals surface area (Å²) in [6.45, 7) is 1.15. The molecule has 3 rings (SSSR count). The maximum Gasteiger partial charge on any atom is 0.331 e. The van der Waals surface area contributed by atoms with Crippen LogP contribution in [0.25, 0.3) is 0 Å². The number of halogens is 2. The van der Waals surface area contributed by atoms with Gasteiger partial charge in [0.2, 0.25) is 0 Å². The average Bonchev–Trinajstić information content (AvgIpc) is 2.65. The first-order valence-corrected chi connectivity index (χ1v) is 8.21. The highest BCUT2D eigenvalue weighted by Crippen LogP contribution is 2.22. The number of carbonyl (C=O) groups is 2. The Hall–Kier alpha value is -2.76. The van der Waals surface area contributed by atoms with E-state index in [2.05, 4.69) is 0 Å². The van der Waals surface area contributed by atoms with Crippen molar-refractivity contribution in [1.29, 1.82) is 0 Å². The van der Waals surface area contributed by atoms with Crippen molar-refractivity contribution in [2.24, 2.45) is 0 Å². The van der Waals surface area contributed by atoms with Gasteiger partial charge in [0.25, 0.3) is 5.91 Å². The molecule has 0 radical (unpaired) electrons. The monoisotopic (exact) mass is 344 g/mol. The lowest BCUT2D eigenvalue weighted by Gasteiger charge is -2.32. The molecule has 2 aromatic carbocycles. The second-order valence-electron chi connectivity index (χ2n) is 5.94. The van der Waals surface area contributed by atoms with Crippen molar-refractivity contribution in [3.63, 3.8) is 0 Å². The zero-order valence-electron chi connectivity index (χ0n) is 13.6. The number of urea groups is 1. The fraction of sp³-hybridized carbons (Fsp3) is 0.263. The van der Waals surface area contributed by atoms with Crippen LogP contribution in [-0.2, 0) is 0 Å². The highest BCUT2D eigenvalue weighted by molar-refractivity contribution is 6.20. The van der Waals surface area contributed by atoms with Crippen LogP contribution >= 0.6 is 0 Å². The Labute approximate surface area is 144 Å². The van der Waals surface area contributed by atoms with Gasteiger partial charge in [-0.05, 0) is 49.6 Å². The molecule has 1 fully saturated rings. The number of hydrogen-bond donors (Lipinski definition) is 0. The van der Waals surface area contributed by atoms with E-state index in [0.717, 1.165) is 36.3 Å². The van der Waals surface area contributed by atoms with Crippen LogP contribution in [0.3, 0.4) is 0 Å². The quantitative estimate of drug-likeness (QED) is 0.818. The molecule has 1 heterocycles. The molecule has 0 spiro atoms. The van der Waals surface area contributed by atoms with Crippen LogP contribution < -0.4 is 4.90 Å². The standard InChI is InChI=1S/C19H18F2N2O2/c20-16-10-9-14(13-17(16)21)18(24)23(15-7-3-1-4-8-15)19(25)22-11-5-2-6-12-22/h1,3-4,7-10,13H,2,5-6,11-12H2. The van der Waals surface area contributed by atoms with Crippen LogP contribution in [0.1, 0.15) is 29.6 Å². The van der Waals surface area contributed by atoms with Gasteiger partial charge in [-0.1, -0.05) is 18.2 Å². The molecule has 4 nitrogen and oxygen atoms in total. The van der Waals surface area contributed by atoms with E-state index in [1.165, 1.54) is 6.07 Å². The van der Waals surface area contributed by atoms with Crippen LogP contribution in [0.4, 0.5) is 19.3 Å². The Balaban J connectivity index is 1.96. The average molecular weight is 344 g/mol. The first-order chi connectivity index (χ1) is 12.1. The molecule has 1 aliphatic rings. The maximum absolute atomic E-state index is 13.5. The summed E-state index contributed by atoms with van der Waals surface area (Å²) < 4.78 is 26.7. The van der Waals surface area contributed by atoms with Crippen LogP contribution in [0.2, 0.25) is 0 Å². The maximum atomic E-state index is 13.5. The lowest BCUT2D eigenvalue weighted by atomic mass is 10.1. The first-order valence-electron chi connectivity index (χ1n) is 8.21. The summed E-state index contributed by atoms with van der Waals surface area (Å²) in [6.07, 6.45) is 2.81. The largest absolute Gasteiger partial charge is 0.331 e. The number of likely N-dealkylation sites (tertiary alicyclic amines) is 1. The van der Waals surface area contributed by atoms with E-state index in [4.69, 9.17) is 0 Å². The molecule has 3 amide bonds. The number of amides is 3. The van der Waals surface area contributed by atoms with E-state index >= 15 is 0 Å². The second-order valence-corrected chi connectivity index (χ2v) is 5.94. The lowest BCUT2D eigenvalue weighted by Crippen LogP contribution is -2.48. The number of nitrogens with zero attached hydrogens (tertiary/aromatic N) is 2. The molecule has 0 aliphatic carbocycles. The van der Waals surface area contributed by atoms with Gasteiger partial charge in [0.1, 0.15) is 0 Å². The van der Waals surface area contributed by atoms with E-state index < -0.39 is 23.6 Å². The van der Waals surface area contributed by atoms with Crippen molar-refractivity contribution in [3.05, 3.63) is 65.7 Å². The predicted molar refractivity (Wildman–Crippen MR) is 90.4 cm³/mol. The molecular formula is C19H18F2N2O2. The van der Waals surface area contributed by atoms with Gasteiger partial charge in [-0.25, -0.2) is 18.5 Å². The Morgan fingerprint density at radius 1 is 0.880 bits per heavy atom. The van der Waals surface area contributed by atoms with Crippen LogP contribution in [0, 0.1) is 11.6 Å².